The van der Waals surface area contributed by atoms with Crippen LogP contribution in [0.4, 0.5) is 0 Å². The van der Waals surface area contributed by atoms with Crippen molar-refractivity contribution in [2.75, 3.05) is 47.0 Å². The average Bonchev–Trinajstić information content (AvgIpc) is 3.36. The number of nitrogens with zero attached hydrogens (tertiary/aromatic N) is 1. The molecule has 0 saturated carbocycles. The molecule has 2 saturated heterocycles. The van der Waals surface area contributed by atoms with Gasteiger partial charge in [0.05, 0.1) is 26.9 Å². The number of nitrogens with one attached hydrogen (secondary N) is 2. The lowest BCUT2D eigenvalue weighted by Gasteiger charge is -2.24. The van der Waals surface area contributed by atoms with Crippen molar-refractivity contribution in [3.8, 4) is 17.2 Å². The van der Waals surface area contributed by atoms with Gasteiger partial charge in [-0.1, -0.05) is 24.6 Å². The van der Waals surface area contributed by atoms with Crippen LogP contribution >= 0.6 is 0 Å². The first-order chi connectivity index (χ1) is 18.1. The van der Waals surface area contributed by atoms with E-state index in [1.807, 2.05) is 42.5 Å². The molecule has 2 aromatic carbocycles. The second-order valence-corrected chi connectivity index (χ2v) is 9.72. The SMILES string of the molecule is COc1ccc(C(NC(=O)C2CCCCNC2=O)c2ccc(OC)c(OCCCN3CCCC3)c2)cc1. The van der Waals surface area contributed by atoms with E-state index in [0.29, 0.717) is 31.1 Å². The fourth-order valence-electron chi connectivity index (χ4n) is 5.05. The van der Waals surface area contributed by atoms with Gasteiger partial charge in [-0.25, -0.2) is 0 Å². The summed E-state index contributed by atoms with van der Waals surface area (Å²) in [7, 11) is 3.25. The van der Waals surface area contributed by atoms with E-state index < -0.39 is 12.0 Å². The van der Waals surface area contributed by atoms with Crippen LogP contribution in [0.2, 0.25) is 0 Å². The van der Waals surface area contributed by atoms with Crippen LogP contribution in [0.15, 0.2) is 42.5 Å². The Kier molecular flexibility index (Phi) is 9.65. The summed E-state index contributed by atoms with van der Waals surface area (Å²) in [6.07, 6.45) is 5.75. The van der Waals surface area contributed by atoms with Crippen LogP contribution in [0.25, 0.3) is 0 Å². The molecular formula is C29H39N3O5. The van der Waals surface area contributed by atoms with Crippen molar-refractivity contribution < 1.29 is 23.8 Å². The fraction of sp³-hybridized carbons (Fsp3) is 0.517. The highest BCUT2D eigenvalue weighted by Gasteiger charge is 2.30. The van der Waals surface area contributed by atoms with Gasteiger partial charge in [0, 0.05) is 13.1 Å². The van der Waals surface area contributed by atoms with E-state index in [4.69, 9.17) is 14.2 Å². The maximum absolute atomic E-state index is 13.3. The van der Waals surface area contributed by atoms with Gasteiger partial charge < -0.3 is 29.7 Å². The topological polar surface area (TPSA) is 89.1 Å². The first kappa shape index (κ1) is 26.8. The van der Waals surface area contributed by atoms with Gasteiger partial charge in [-0.05, 0) is 80.6 Å². The molecule has 37 heavy (non-hydrogen) atoms. The molecule has 2 fully saturated rings. The zero-order chi connectivity index (χ0) is 26.0. The number of hydrogen-bond acceptors (Lipinski definition) is 6. The summed E-state index contributed by atoms with van der Waals surface area (Å²) in [5.41, 5.74) is 1.73. The Balaban J connectivity index is 1.55. The lowest BCUT2D eigenvalue weighted by atomic mass is 9.95. The van der Waals surface area contributed by atoms with Crippen LogP contribution in [-0.4, -0.2) is 63.7 Å². The number of hydrogen-bond donors (Lipinski definition) is 2. The minimum Gasteiger partial charge on any atom is -0.497 e. The minimum absolute atomic E-state index is 0.208. The number of amides is 2. The number of carbonyl (C=O) groups is 2. The molecule has 2 amide bonds. The van der Waals surface area contributed by atoms with Gasteiger partial charge in [0.15, 0.2) is 11.5 Å². The number of ether oxygens (including phenoxy) is 3. The Hall–Kier alpha value is -3.26. The van der Waals surface area contributed by atoms with E-state index in [-0.39, 0.29) is 11.8 Å². The van der Waals surface area contributed by atoms with Crippen molar-refractivity contribution in [2.45, 2.75) is 44.6 Å². The Morgan fingerprint density at radius 2 is 1.76 bits per heavy atom. The zero-order valence-electron chi connectivity index (χ0n) is 22.0. The molecule has 8 nitrogen and oxygen atoms in total. The fourth-order valence-corrected chi connectivity index (χ4v) is 5.05. The zero-order valence-corrected chi connectivity index (χ0v) is 22.0. The summed E-state index contributed by atoms with van der Waals surface area (Å²) in [4.78, 5) is 28.3. The largest absolute Gasteiger partial charge is 0.497 e. The maximum Gasteiger partial charge on any atom is 0.233 e. The highest BCUT2D eigenvalue weighted by Crippen LogP contribution is 2.33. The minimum atomic E-state index is -0.706. The van der Waals surface area contributed by atoms with Crippen molar-refractivity contribution in [3.63, 3.8) is 0 Å². The molecule has 2 N–H and O–H groups in total. The summed E-state index contributed by atoms with van der Waals surface area (Å²) in [6, 6.07) is 12.8. The Labute approximate surface area is 219 Å². The van der Waals surface area contributed by atoms with Crippen molar-refractivity contribution >= 4 is 11.8 Å². The lowest BCUT2D eigenvalue weighted by Crippen LogP contribution is -2.41. The third-order valence-corrected chi connectivity index (χ3v) is 7.18. The molecule has 2 aliphatic heterocycles. The molecular weight excluding hydrogens is 470 g/mol. The van der Waals surface area contributed by atoms with Crippen molar-refractivity contribution in [1.82, 2.24) is 15.5 Å². The van der Waals surface area contributed by atoms with Gasteiger partial charge in [0.2, 0.25) is 11.8 Å². The normalized spacial score (nSPS) is 19.0. The number of benzene rings is 2. The third kappa shape index (κ3) is 7.16. The summed E-state index contributed by atoms with van der Waals surface area (Å²) in [5.74, 6) is 0.829. The predicted octanol–water partition coefficient (Wildman–Crippen LogP) is 3.69. The van der Waals surface area contributed by atoms with Gasteiger partial charge in [-0.2, -0.15) is 0 Å². The molecule has 0 bridgehead atoms. The molecule has 2 atom stereocenters. The quantitative estimate of drug-likeness (QED) is 0.355. The van der Waals surface area contributed by atoms with Gasteiger partial charge in [-0.3, -0.25) is 9.59 Å². The molecule has 2 unspecified atom stereocenters. The number of methoxy groups -OCH3 is 2. The molecule has 2 heterocycles. The molecule has 0 aliphatic carbocycles. The van der Waals surface area contributed by atoms with Gasteiger partial charge >= 0.3 is 0 Å². The summed E-state index contributed by atoms with van der Waals surface area (Å²) in [5, 5.41) is 6.00. The van der Waals surface area contributed by atoms with Crippen molar-refractivity contribution in [1.29, 1.82) is 0 Å². The molecule has 4 rings (SSSR count). The summed E-state index contributed by atoms with van der Waals surface area (Å²) in [6.45, 7) is 4.55. The second-order valence-electron chi connectivity index (χ2n) is 9.72. The smallest absolute Gasteiger partial charge is 0.233 e. The number of likely N-dealkylation sites (tertiary alicyclic amines) is 1. The Morgan fingerprint density at radius 1 is 1.00 bits per heavy atom. The van der Waals surface area contributed by atoms with Crippen LogP contribution in [0.1, 0.15) is 55.7 Å². The Bertz CT molecular complexity index is 1040. The van der Waals surface area contributed by atoms with Crippen LogP contribution in [0, 0.1) is 5.92 Å². The monoisotopic (exact) mass is 509 g/mol. The summed E-state index contributed by atoms with van der Waals surface area (Å²) < 4.78 is 17.0. The summed E-state index contributed by atoms with van der Waals surface area (Å²) >= 11 is 0. The van der Waals surface area contributed by atoms with Crippen molar-refractivity contribution in [2.24, 2.45) is 5.92 Å². The number of rotatable bonds is 11. The highest BCUT2D eigenvalue weighted by molar-refractivity contribution is 6.00. The lowest BCUT2D eigenvalue weighted by molar-refractivity contribution is -0.135. The average molecular weight is 510 g/mol. The van der Waals surface area contributed by atoms with Gasteiger partial charge in [0.1, 0.15) is 11.7 Å². The third-order valence-electron chi connectivity index (χ3n) is 7.18. The van der Waals surface area contributed by atoms with E-state index in [0.717, 1.165) is 42.7 Å². The van der Waals surface area contributed by atoms with Gasteiger partial charge in [-0.15, -0.1) is 0 Å². The maximum atomic E-state index is 13.3. The van der Waals surface area contributed by atoms with Crippen LogP contribution in [0.3, 0.4) is 0 Å². The molecule has 2 aromatic rings. The van der Waals surface area contributed by atoms with Crippen LogP contribution in [-0.2, 0) is 9.59 Å². The van der Waals surface area contributed by atoms with Crippen LogP contribution in [0.5, 0.6) is 17.2 Å². The highest BCUT2D eigenvalue weighted by atomic mass is 16.5. The first-order valence-corrected chi connectivity index (χ1v) is 13.3. The van der Waals surface area contributed by atoms with E-state index >= 15 is 0 Å². The number of carbonyl (C=O) groups excluding carboxylic acids is 2. The van der Waals surface area contributed by atoms with Gasteiger partial charge in [0.25, 0.3) is 0 Å². The predicted molar refractivity (Wildman–Crippen MR) is 142 cm³/mol. The molecule has 0 radical (unpaired) electrons. The van der Waals surface area contributed by atoms with E-state index in [1.54, 1.807) is 14.2 Å². The molecule has 0 aromatic heterocycles. The Morgan fingerprint density at radius 3 is 2.49 bits per heavy atom. The van der Waals surface area contributed by atoms with Crippen molar-refractivity contribution in [3.05, 3.63) is 53.6 Å². The van der Waals surface area contributed by atoms with E-state index in [1.165, 1.54) is 25.9 Å². The van der Waals surface area contributed by atoms with Crippen LogP contribution < -0.4 is 24.8 Å². The molecule has 8 heteroatoms. The second kappa shape index (κ2) is 13.3. The molecule has 0 spiro atoms. The molecule has 2 aliphatic rings. The van der Waals surface area contributed by atoms with E-state index in [9.17, 15) is 9.59 Å². The standard InChI is InChI=1S/C29H39N3O5/c1-35-23-12-9-21(10-13-23)27(31-29(34)24-8-3-4-15-30-28(24)33)22-11-14-25(36-2)26(20-22)37-19-7-18-32-16-5-6-17-32/h9-14,20,24,27H,3-8,15-19H2,1-2H3,(H,30,33)(H,31,34). The molecule has 200 valence electrons. The van der Waals surface area contributed by atoms with E-state index in [2.05, 4.69) is 15.5 Å². The first-order valence-electron chi connectivity index (χ1n) is 13.3.